The third-order valence-electron chi connectivity index (χ3n) is 2.97. The van der Waals surface area contributed by atoms with E-state index in [1.807, 2.05) is 4.90 Å². The largest absolute Gasteiger partial charge is 0.368 e. The lowest BCUT2D eigenvalue weighted by Crippen LogP contribution is -2.49. The third-order valence-corrected chi connectivity index (χ3v) is 2.97. The first-order valence-electron chi connectivity index (χ1n) is 5.43. The molecular formula is C10H18N2O2. The summed E-state index contributed by atoms with van der Waals surface area (Å²) in [7, 11) is 0. The van der Waals surface area contributed by atoms with Crippen molar-refractivity contribution in [1.82, 2.24) is 4.90 Å². The van der Waals surface area contributed by atoms with Crippen LogP contribution in [-0.4, -0.2) is 42.6 Å². The molecule has 2 saturated heterocycles. The molecule has 2 atom stereocenters. The van der Waals surface area contributed by atoms with Crippen LogP contribution in [-0.2, 0) is 9.53 Å². The summed E-state index contributed by atoms with van der Waals surface area (Å²) in [5, 5.41) is 0. The molecule has 1 amide bonds. The van der Waals surface area contributed by atoms with Gasteiger partial charge in [0.2, 0.25) is 0 Å². The summed E-state index contributed by atoms with van der Waals surface area (Å²) in [5.41, 5.74) is 5.83. The first-order valence-corrected chi connectivity index (χ1v) is 5.43. The molecule has 0 aliphatic carbocycles. The summed E-state index contributed by atoms with van der Waals surface area (Å²) < 4.78 is 5.37. The van der Waals surface area contributed by atoms with E-state index >= 15 is 0 Å². The minimum Gasteiger partial charge on any atom is -0.368 e. The fraction of sp³-hybridized carbons (Fsp3) is 0.900. The smallest absolute Gasteiger partial charge is 0.251 e. The molecule has 0 aromatic carbocycles. The van der Waals surface area contributed by atoms with Crippen LogP contribution in [0.15, 0.2) is 0 Å². The normalized spacial score (nSPS) is 33.4. The molecule has 2 fully saturated rings. The zero-order valence-corrected chi connectivity index (χ0v) is 8.45. The fourth-order valence-electron chi connectivity index (χ4n) is 2.19. The molecule has 4 heteroatoms. The molecule has 0 saturated carbocycles. The molecule has 2 rings (SSSR count). The maximum Gasteiger partial charge on any atom is 0.251 e. The number of hydrogen-bond acceptors (Lipinski definition) is 3. The topological polar surface area (TPSA) is 55.6 Å². The molecule has 0 spiro atoms. The first kappa shape index (κ1) is 9.93. The van der Waals surface area contributed by atoms with Crippen LogP contribution < -0.4 is 5.73 Å². The minimum atomic E-state index is -0.180. The predicted octanol–water partition coefficient (Wildman–Crippen LogP) is 0.115. The Morgan fingerprint density at radius 3 is 2.86 bits per heavy atom. The zero-order valence-electron chi connectivity index (χ0n) is 8.45. The second-order valence-corrected chi connectivity index (χ2v) is 4.19. The van der Waals surface area contributed by atoms with Crippen LogP contribution in [0.3, 0.4) is 0 Å². The average Bonchev–Trinajstić information content (AvgIpc) is 2.69. The molecule has 0 radical (unpaired) electrons. The van der Waals surface area contributed by atoms with Crippen molar-refractivity contribution >= 4 is 5.91 Å². The SMILES string of the molecule is NC1CCCN(C(=O)[C@@H]2CCCO2)C1. The second-order valence-electron chi connectivity index (χ2n) is 4.19. The fourth-order valence-corrected chi connectivity index (χ4v) is 2.19. The van der Waals surface area contributed by atoms with Crippen molar-refractivity contribution in [2.75, 3.05) is 19.7 Å². The number of piperidine rings is 1. The molecular weight excluding hydrogens is 180 g/mol. The van der Waals surface area contributed by atoms with Crippen molar-refractivity contribution in [3.05, 3.63) is 0 Å². The van der Waals surface area contributed by atoms with Gasteiger partial charge < -0.3 is 15.4 Å². The molecule has 2 aliphatic heterocycles. The van der Waals surface area contributed by atoms with Gasteiger partial charge in [0.1, 0.15) is 6.10 Å². The van der Waals surface area contributed by atoms with Crippen molar-refractivity contribution in [3.63, 3.8) is 0 Å². The minimum absolute atomic E-state index is 0.151. The second kappa shape index (κ2) is 4.28. The van der Waals surface area contributed by atoms with Gasteiger partial charge in [0.15, 0.2) is 0 Å². The summed E-state index contributed by atoms with van der Waals surface area (Å²) >= 11 is 0. The zero-order chi connectivity index (χ0) is 9.97. The highest BCUT2D eigenvalue weighted by Crippen LogP contribution is 2.17. The molecule has 0 bridgehead atoms. The maximum absolute atomic E-state index is 11.9. The number of rotatable bonds is 1. The lowest BCUT2D eigenvalue weighted by molar-refractivity contribution is -0.142. The van der Waals surface area contributed by atoms with E-state index in [1.165, 1.54) is 0 Å². The number of ether oxygens (including phenoxy) is 1. The summed E-state index contributed by atoms with van der Waals surface area (Å²) in [6.07, 6.45) is 3.77. The molecule has 14 heavy (non-hydrogen) atoms. The average molecular weight is 198 g/mol. The number of likely N-dealkylation sites (tertiary alicyclic amines) is 1. The Balaban J connectivity index is 1.89. The van der Waals surface area contributed by atoms with Gasteiger partial charge in [-0.2, -0.15) is 0 Å². The monoisotopic (exact) mass is 198 g/mol. The standard InChI is InChI=1S/C10H18N2O2/c11-8-3-1-5-12(7-8)10(13)9-4-2-6-14-9/h8-9H,1-7,11H2/t8?,9-/m0/s1. The summed E-state index contributed by atoms with van der Waals surface area (Å²) in [5.74, 6) is 0.151. The van der Waals surface area contributed by atoms with Crippen molar-refractivity contribution in [3.8, 4) is 0 Å². The van der Waals surface area contributed by atoms with Crippen molar-refractivity contribution in [2.24, 2.45) is 5.73 Å². The summed E-state index contributed by atoms with van der Waals surface area (Å²) in [6, 6.07) is 0.161. The van der Waals surface area contributed by atoms with Crippen LogP contribution in [0.5, 0.6) is 0 Å². The van der Waals surface area contributed by atoms with E-state index in [0.717, 1.165) is 38.8 Å². The molecule has 0 aromatic rings. The van der Waals surface area contributed by atoms with Crippen LogP contribution in [0.1, 0.15) is 25.7 Å². The van der Waals surface area contributed by atoms with Gasteiger partial charge in [0.05, 0.1) is 0 Å². The molecule has 4 nitrogen and oxygen atoms in total. The van der Waals surface area contributed by atoms with Crippen LogP contribution in [0.2, 0.25) is 0 Å². The Bertz CT molecular complexity index is 214. The van der Waals surface area contributed by atoms with E-state index in [4.69, 9.17) is 10.5 Å². The Labute approximate surface area is 84.4 Å². The van der Waals surface area contributed by atoms with Gasteiger partial charge >= 0.3 is 0 Å². The van der Waals surface area contributed by atoms with Crippen LogP contribution >= 0.6 is 0 Å². The van der Waals surface area contributed by atoms with Gasteiger partial charge in [-0.3, -0.25) is 4.79 Å². The molecule has 1 unspecified atom stereocenters. The maximum atomic E-state index is 11.9. The Kier molecular flexibility index (Phi) is 3.03. The molecule has 2 N–H and O–H groups in total. The number of amides is 1. The number of hydrogen-bond donors (Lipinski definition) is 1. The molecule has 80 valence electrons. The first-order chi connectivity index (χ1) is 6.77. The predicted molar refractivity (Wildman–Crippen MR) is 52.8 cm³/mol. The van der Waals surface area contributed by atoms with Crippen molar-refractivity contribution in [2.45, 2.75) is 37.8 Å². The van der Waals surface area contributed by atoms with Crippen LogP contribution in [0, 0.1) is 0 Å². The van der Waals surface area contributed by atoms with E-state index in [1.54, 1.807) is 0 Å². The Hall–Kier alpha value is -0.610. The number of carbonyl (C=O) groups excluding carboxylic acids is 1. The van der Waals surface area contributed by atoms with Gasteiger partial charge in [-0.25, -0.2) is 0 Å². The van der Waals surface area contributed by atoms with E-state index in [9.17, 15) is 4.79 Å². The lowest BCUT2D eigenvalue weighted by Gasteiger charge is -2.32. The van der Waals surface area contributed by atoms with Gasteiger partial charge in [0.25, 0.3) is 5.91 Å². The highest BCUT2D eigenvalue weighted by atomic mass is 16.5. The number of nitrogens with zero attached hydrogens (tertiary/aromatic N) is 1. The molecule has 0 aromatic heterocycles. The van der Waals surface area contributed by atoms with Gasteiger partial charge in [-0.15, -0.1) is 0 Å². The van der Waals surface area contributed by atoms with Crippen molar-refractivity contribution in [1.29, 1.82) is 0 Å². The quantitative estimate of drug-likeness (QED) is 0.651. The molecule has 2 heterocycles. The molecule has 2 aliphatic rings. The van der Waals surface area contributed by atoms with Gasteiger partial charge in [0, 0.05) is 25.7 Å². The summed E-state index contributed by atoms with van der Waals surface area (Å²) in [6.45, 7) is 2.29. The highest BCUT2D eigenvalue weighted by Gasteiger charge is 2.30. The lowest BCUT2D eigenvalue weighted by atomic mass is 10.1. The summed E-state index contributed by atoms with van der Waals surface area (Å²) in [4.78, 5) is 13.8. The highest BCUT2D eigenvalue weighted by molar-refractivity contribution is 5.81. The van der Waals surface area contributed by atoms with E-state index in [2.05, 4.69) is 0 Å². The Morgan fingerprint density at radius 1 is 1.36 bits per heavy atom. The van der Waals surface area contributed by atoms with Crippen molar-refractivity contribution < 1.29 is 9.53 Å². The number of carbonyl (C=O) groups is 1. The van der Waals surface area contributed by atoms with E-state index in [0.29, 0.717) is 6.54 Å². The Morgan fingerprint density at radius 2 is 2.21 bits per heavy atom. The number of nitrogens with two attached hydrogens (primary N) is 1. The van der Waals surface area contributed by atoms with E-state index in [-0.39, 0.29) is 18.1 Å². The van der Waals surface area contributed by atoms with Gasteiger partial charge in [-0.05, 0) is 25.7 Å². The van der Waals surface area contributed by atoms with Crippen LogP contribution in [0.25, 0.3) is 0 Å². The van der Waals surface area contributed by atoms with Crippen LogP contribution in [0.4, 0.5) is 0 Å². The van der Waals surface area contributed by atoms with Gasteiger partial charge in [-0.1, -0.05) is 0 Å². The third kappa shape index (κ3) is 2.07. The van der Waals surface area contributed by atoms with E-state index < -0.39 is 0 Å².